The zero-order chi connectivity index (χ0) is 18.6. The highest BCUT2D eigenvalue weighted by molar-refractivity contribution is 7.92. The van der Waals surface area contributed by atoms with Gasteiger partial charge in [0.25, 0.3) is 0 Å². The third kappa shape index (κ3) is 5.21. The SMILES string of the molecule is Cc1ccc(N(CC(=O)N[C@H](C)c2ccccc2)S(C)(=O)=O)cc1Cl. The monoisotopic (exact) mass is 380 g/mol. The molecular weight excluding hydrogens is 360 g/mol. The van der Waals surface area contributed by atoms with E-state index >= 15 is 0 Å². The van der Waals surface area contributed by atoms with Crippen LogP contribution < -0.4 is 9.62 Å². The Kier molecular flexibility index (Phi) is 6.08. The Hall–Kier alpha value is -2.05. The van der Waals surface area contributed by atoms with Gasteiger partial charge in [-0.2, -0.15) is 0 Å². The van der Waals surface area contributed by atoms with E-state index in [4.69, 9.17) is 11.6 Å². The number of nitrogens with one attached hydrogen (secondary N) is 1. The molecule has 0 unspecified atom stereocenters. The molecule has 0 aromatic heterocycles. The van der Waals surface area contributed by atoms with Crippen LogP contribution in [0.25, 0.3) is 0 Å². The second kappa shape index (κ2) is 7.89. The summed E-state index contributed by atoms with van der Waals surface area (Å²) >= 11 is 6.09. The van der Waals surface area contributed by atoms with Crippen LogP contribution in [0.4, 0.5) is 5.69 Å². The number of amides is 1. The van der Waals surface area contributed by atoms with Gasteiger partial charge in [0.15, 0.2) is 0 Å². The van der Waals surface area contributed by atoms with Gasteiger partial charge in [-0.05, 0) is 37.1 Å². The first-order valence-corrected chi connectivity index (χ1v) is 9.99. The van der Waals surface area contributed by atoms with Crippen molar-refractivity contribution < 1.29 is 13.2 Å². The van der Waals surface area contributed by atoms with Gasteiger partial charge < -0.3 is 5.32 Å². The van der Waals surface area contributed by atoms with Gasteiger partial charge in [0.05, 0.1) is 18.0 Å². The Labute approximate surface area is 153 Å². The van der Waals surface area contributed by atoms with Crippen molar-refractivity contribution >= 4 is 33.2 Å². The van der Waals surface area contributed by atoms with Gasteiger partial charge in [0.1, 0.15) is 6.54 Å². The van der Waals surface area contributed by atoms with E-state index in [9.17, 15) is 13.2 Å². The second-order valence-electron chi connectivity index (χ2n) is 5.90. The van der Waals surface area contributed by atoms with Crippen LogP contribution in [0.2, 0.25) is 5.02 Å². The maximum Gasteiger partial charge on any atom is 0.241 e. The minimum absolute atomic E-state index is 0.225. The molecule has 0 saturated carbocycles. The average molecular weight is 381 g/mol. The standard InChI is InChI=1S/C18H21ClN2O3S/c1-13-9-10-16(11-17(13)19)21(25(3,23)24)12-18(22)20-14(2)15-7-5-4-6-8-15/h4-11,14H,12H2,1-3H3,(H,20,22)/t14-/m1/s1. The summed E-state index contributed by atoms with van der Waals surface area (Å²) in [5.74, 6) is -0.390. The van der Waals surface area contributed by atoms with E-state index in [1.165, 1.54) is 0 Å². The van der Waals surface area contributed by atoms with E-state index in [1.54, 1.807) is 18.2 Å². The number of hydrogen-bond donors (Lipinski definition) is 1. The third-order valence-electron chi connectivity index (χ3n) is 3.81. The van der Waals surface area contributed by atoms with Crippen LogP contribution in [-0.2, 0) is 14.8 Å². The van der Waals surface area contributed by atoms with Crippen LogP contribution in [0.5, 0.6) is 0 Å². The van der Waals surface area contributed by atoms with Crippen LogP contribution in [-0.4, -0.2) is 27.1 Å². The highest BCUT2D eigenvalue weighted by Gasteiger charge is 2.22. The predicted octanol–water partition coefficient (Wildman–Crippen LogP) is 3.29. The first-order valence-electron chi connectivity index (χ1n) is 7.76. The van der Waals surface area contributed by atoms with Gasteiger partial charge in [-0.3, -0.25) is 9.10 Å². The fraction of sp³-hybridized carbons (Fsp3) is 0.278. The summed E-state index contributed by atoms with van der Waals surface area (Å²) in [5, 5.41) is 3.26. The van der Waals surface area contributed by atoms with Crippen LogP contribution in [0.1, 0.15) is 24.1 Å². The summed E-state index contributed by atoms with van der Waals surface area (Å²) in [5.41, 5.74) is 2.14. The summed E-state index contributed by atoms with van der Waals surface area (Å²) in [4.78, 5) is 12.4. The molecule has 0 aliphatic rings. The minimum atomic E-state index is -3.63. The summed E-state index contributed by atoms with van der Waals surface area (Å²) in [6.45, 7) is 3.36. The molecule has 0 radical (unpaired) electrons. The van der Waals surface area contributed by atoms with E-state index in [-0.39, 0.29) is 12.6 Å². The molecule has 5 nitrogen and oxygen atoms in total. The number of carbonyl (C=O) groups is 1. The number of benzene rings is 2. The number of anilines is 1. The fourth-order valence-corrected chi connectivity index (χ4v) is 3.40. The van der Waals surface area contributed by atoms with Crippen LogP contribution in [0.15, 0.2) is 48.5 Å². The second-order valence-corrected chi connectivity index (χ2v) is 8.22. The number of rotatable bonds is 6. The van der Waals surface area contributed by atoms with Crippen LogP contribution in [0, 0.1) is 6.92 Å². The number of hydrogen-bond acceptors (Lipinski definition) is 3. The van der Waals surface area contributed by atoms with Gasteiger partial charge in [-0.15, -0.1) is 0 Å². The zero-order valence-corrected chi connectivity index (χ0v) is 15.9. The highest BCUT2D eigenvalue weighted by Crippen LogP contribution is 2.24. The summed E-state index contributed by atoms with van der Waals surface area (Å²) in [6, 6.07) is 14.1. The van der Waals surface area contributed by atoms with Crippen LogP contribution >= 0.6 is 11.6 Å². The van der Waals surface area contributed by atoms with E-state index in [0.717, 1.165) is 21.7 Å². The van der Waals surface area contributed by atoms with E-state index in [0.29, 0.717) is 10.7 Å². The van der Waals surface area contributed by atoms with Crippen molar-refractivity contribution in [3.8, 4) is 0 Å². The lowest BCUT2D eigenvalue weighted by atomic mass is 10.1. The summed E-state index contributed by atoms with van der Waals surface area (Å²) in [7, 11) is -3.63. The summed E-state index contributed by atoms with van der Waals surface area (Å²) < 4.78 is 25.3. The molecule has 7 heteroatoms. The molecule has 0 aliphatic heterocycles. The Bertz CT molecular complexity index is 854. The summed E-state index contributed by atoms with van der Waals surface area (Å²) in [6.07, 6.45) is 1.06. The number of sulfonamides is 1. The van der Waals surface area contributed by atoms with E-state index < -0.39 is 15.9 Å². The molecule has 0 heterocycles. The molecule has 1 amide bonds. The zero-order valence-electron chi connectivity index (χ0n) is 14.4. The molecule has 0 aliphatic carbocycles. The topological polar surface area (TPSA) is 66.5 Å². The maximum atomic E-state index is 12.4. The number of aryl methyl sites for hydroxylation is 1. The first-order chi connectivity index (χ1) is 11.7. The first kappa shape index (κ1) is 19.3. The van der Waals surface area contributed by atoms with Gasteiger partial charge >= 0.3 is 0 Å². The molecule has 0 spiro atoms. The van der Waals surface area contributed by atoms with Crippen LogP contribution in [0.3, 0.4) is 0 Å². The lowest BCUT2D eigenvalue weighted by Gasteiger charge is -2.23. The van der Waals surface area contributed by atoms with Crippen molar-refractivity contribution in [1.82, 2.24) is 5.32 Å². The molecule has 2 aromatic rings. The van der Waals surface area contributed by atoms with Gasteiger partial charge in [-0.25, -0.2) is 8.42 Å². The molecular formula is C18H21ClN2O3S. The number of halogens is 1. The van der Waals surface area contributed by atoms with Gasteiger partial charge in [0, 0.05) is 5.02 Å². The quantitative estimate of drug-likeness (QED) is 0.836. The smallest absolute Gasteiger partial charge is 0.241 e. The lowest BCUT2D eigenvalue weighted by molar-refractivity contribution is -0.120. The molecule has 0 bridgehead atoms. The van der Waals surface area contributed by atoms with Crippen molar-refractivity contribution in [1.29, 1.82) is 0 Å². The molecule has 2 aromatic carbocycles. The molecule has 0 saturated heterocycles. The van der Waals surface area contributed by atoms with Gasteiger partial charge in [-0.1, -0.05) is 48.0 Å². The minimum Gasteiger partial charge on any atom is -0.348 e. The van der Waals surface area contributed by atoms with E-state index in [2.05, 4.69) is 5.32 Å². The van der Waals surface area contributed by atoms with E-state index in [1.807, 2.05) is 44.2 Å². The van der Waals surface area contributed by atoms with Crippen molar-refractivity contribution in [2.45, 2.75) is 19.9 Å². The third-order valence-corrected chi connectivity index (χ3v) is 5.36. The molecule has 1 N–H and O–H groups in total. The van der Waals surface area contributed by atoms with Crippen molar-refractivity contribution in [2.75, 3.05) is 17.1 Å². The lowest BCUT2D eigenvalue weighted by Crippen LogP contribution is -2.41. The number of nitrogens with zero attached hydrogens (tertiary/aromatic N) is 1. The highest BCUT2D eigenvalue weighted by atomic mass is 35.5. The molecule has 1 atom stereocenters. The van der Waals surface area contributed by atoms with Crippen molar-refractivity contribution in [2.24, 2.45) is 0 Å². The number of carbonyl (C=O) groups excluding carboxylic acids is 1. The van der Waals surface area contributed by atoms with Gasteiger partial charge in [0.2, 0.25) is 15.9 Å². The maximum absolute atomic E-state index is 12.4. The Balaban J connectivity index is 2.17. The predicted molar refractivity (Wildman–Crippen MR) is 101 cm³/mol. The van der Waals surface area contributed by atoms with Crippen molar-refractivity contribution in [3.63, 3.8) is 0 Å². The Morgan fingerprint density at radius 2 is 1.84 bits per heavy atom. The fourth-order valence-electron chi connectivity index (χ4n) is 2.38. The molecule has 134 valence electrons. The molecule has 0 fully saturated rings. The normalized spacial score (nSPS) is 12.5. The Morgan fingerprint density at radius 1 is 1.20 bits per heavy atom. The average Bonchev–Trinajstić information content (AvgIpc) is 2.55. The largest absolute Gasteiger partial charge is 0.348 e. The Morgan fingerprint density at radius 3 is 2.40 bits per heavy atom. The molecule has 2 rings (SSSR count). The molecule has 25 heavy (non-hydrogen) atoms. The van der Waals surface area contributed by atoms with Crippen molar-refractivity contribution in [3.05, 3.63) is 64.7 Å².